The van der Waals surface area contributed by atoms with E-state index in [4.69, 9.17) is 0 Å². The molecule has 1 heterocycles. The highest BCUT2D eigenvalue weighted by Crippen LogP contribution is 2.19. The molecule has 0 saturated carbocycles. The van der Waals surface area contributed by atoms with Gasteiger partial charge in [-0.1, -0.05) is 22.0 Å². The van der Waals surface area contributed by atoms with Crippen molar-refractivity contribution >= 4 is 33.4 Å². The first-order valence-corrected chi connectivity index (χ1v) is 8.09. The van der Waals surface area contributed by atoms with E-state index in [0.717, 1.165) is 41.2 Å². The van der Waals surface area contributed by atoms with E-state index in [2.05, 4.69) is 55.5 Å². The molecule has 0 aliphatic heterocycles. The van der Waals surface area contributed by atoms with E-state index in [1.165, 1.54) is 0 Å². The highest BCUT2D eigenvalue weighted by atomic mass is 79.9. The molecule has 0 fully saturated rings. The van der Waals surface area contributed by atoms with E-state index in [1.807, 2.05) is 37.3 Å². The lowest BCUT2D eigenvalue weighted by Gasteiger charge is -2.12. The zero-order valence-electron chi connectivity index (χ0n) is 13.2. The third-order valence-corrected chi connectivity index (χ3v) is 3.52. The van der Waals surface area contributed by atoms with Crippen molar-refractivity contribution in [1.82, 2.24) is 14.9 Å². The summed E-state index contributed by atoms with van der Waals surface area (Å²) in [5, 5.41) is 6.59. The minimum absolute atomic E-state index is 0.605. The van der Waals surface area contributed by atoms with E-state index in [-0.39, 0.29) is 0 Å². The maximum atomic E-state index is 4.51. The van der Waals surface area contributed by atoms with Crippen LogP contribution in [0, 0.1) is 6.92 Å². The SMILES string of the molecule is Cc1cc(NCCCN(C)C)nc(Nc2cccc(Br)c2)n1. The molecule has 6 heteroatoms. The van der Waals surface area contributed by atoms with Gasteiger partial charge in [0.25, 0.3) is 0 Å². The molecule has 2 aromatic rings. The number of aryl methyl sites for hydroxylation is 1. The number of hydrogen-bond acceptors (Lipinski definition) is 5. The second kappa shape index (κ2) is 8.10. The summed E-state index contributed by atoms with van der Waals surface area (Å²) in [5.74, 6) is 1.46. The van der Waals surface area contributed by atoms with Gasteiger partial charge in [0.15, 0.2) is 0 Å². The van der Waals surface area contributed by atoms with Gasteiger partial charge < -0.3 is 15.5 Å². The number of aromatic nitrogens is 2. The maximum Gasteiger partial charge on any atom is 0.229 e. The van der Waals surface area contributed by atoms with Crippen molar-refractivity contribution in [2.24, 2.45) is 0 Å². The fraction of sp³-hybridized carbons (Fsp3) is 0.375. The van der Waals surface area contributed by atoms with E-state index in [9.17, 15) is 0 Å². The Morgan fingerprint density at radius 2 is 2.00 bits per heavy atom. The van der Waals surface area contributed by atoms with E-state index < -0.39 is 0 Å². The molecule has 2 rings (SSSR count). The average Bonchev–Trinajstić information content (AvgIpc) is 2.43. The Hall–Kier alpha value is -1.66. The summed E-state index contributed by atoms with van der Waals surface area (Å²) in [4.78, 5) is 11.1. The molecule has 0 saturated heterocycles. The molecule has 5 nitrogen and oxygen atoms in total. The molecule has 0 unspecified atom stereocenters. The molecule has 0 radical (unpaired) electrons. The average molecular weight is 364 g/mol. The molecule has 0 aliphatic rings. The summed E-state index contributed by atoms with van der Waals surface area (Å²) in [6.07, 6.45) is 1.07. The summed E-state index contributed by atoms with van der Waals surface area (Å²) in [6, 6.07) is 9.90. The van der Waals surface area contributed by atoms with E-state index in [0.29, 0.717) is 5.95 Å². The fourth-order valence-electron chi connectivity index (χ4n) is 2.02. The maximum absolute atomic E-state index is 4.51. The van der Waals surface area contributed by atoms with Crippen LogP contribution in [0.1, 0.15) is 12.1 Å². The van der Waals surface area contributed by atoms with Crippen LogP contribution < -0.4 is 10.6 Å². The number of rotatable bonds is 7. The minimum Gasteiger partial charge on any atom is -0.370 e. The van der Waals surface area contributed by atoms with Gasteiger partial charge in [-0.05, 0) is 52.2 Å². The molecule has 1 aromatic heterocycles. The van der Waals surface area contributed by atoms with Crippen molar-refractivity contribution in [1.29, 1.82) is 0 Å². The molecular weight excluding hydrogens is 342 g/mol. The molecule has 0 aliphatic carbocycles. The lowest BCUT2D eigenvalue weighted by molar-refractivity contribution is 0.405. The van der Waals surface area contributed by atoms with Gasteiger partial charge in [-0.2, -0.15) is 4.98 Å². The van der Waals surface area contributed by atoms with Gasteiger partial charge in [0.1, 0.15) is 5.82 Å². The van der Waals surface area contributed by atoms with Crippen LogP contribution in [0.5, 0.6) is 0 Å². The van der Waals surface area contributed by atoms with Crippen LogP contribution in [0.4, 0.5) is 17.5 Å². The van der Waals surface area contributed by atoms with E-state index in [1.54, 1.807) is 0 Å². The van der Waals surface area contributed by atoms with Crippen LogP contribution in [-0.4, -0.2) is 42.1 Å². The summed E-state index contributed by atoms with van der Waals surface area (Å²) in [7, 11) is 4.16. The standard InChI is InChI=1S/C16H22BrN5/c1-12-10-15(18-8-5-9-22(2)3)21-16(19-12)20-14-7-4-6-13(17)11-14/h4,6-7,10-11H,5,8-9H2,1-3H3,(H2,18,19,20,21). The number of nitrogens with one attached hydrogen (secondary N) is 2. The molecule has 22 heavy (non-hydrogen) atoms. The first-order valence-electron chi connectivity index (χ1n) is 7.30. The number of anilines is 3. The normalized spacial score (nSPS) is 10.8. The van der Waals surface area contributed by atoms with Crippen molar-refractivity contribution in [3.8, 4) is 0 Å². The monoisotopic (exact) mass is 363 g/mol. The third-order valence-electron chi connectivity index (χ3n) is 3.02. The van der Waals surface area contributed by atoms with Crippen LogP contribution in [-0.2, 0) is 0 Å². The lowest BCUT2D eigenvalue weighted by atomic mass is 10.3. The molecular formula is C16H22BrN5. The van der Waals surface area contributed by atoms with E-state index >= 15 is 0 Å². The Balaban J connectivity index is 2.00. The summed E-state index contributed by atoms with van der Waals surface area (Å²) >= 11 is 3.46. The Bertz CT molecular complexity index is 615. The van der Waals surface area contributed by atoms with Crippen molar-refractivity contribution in [3.05, 3.63) is 40.5 Å². The summed E-state index contributed by atoms with van der Waals surface area (Å²) in [5.41, 5.74) is 1.89. The van der Waals surface area contributed by atoms with Crippen molar-refractivity contribution in [2.75, 3.05) is 37.8 Å². The van der Waals surface area contributed by atoms with Crippen LogP contribution >= 0.6 is 15.9 Å². The highest BCUT2D eigenvalue weighted by molar-refractivity contribution is 9.10. The molecule has 1 aromatic carbocycles. The molecule has 2 N–H and O–H groups in total. The van der Waals surface area contributed by atoms with Gasteiger partial charge in [0, 0.05) is 28.5 Å². The number of nitrogens with zero attached hydrogens (tertiary/aromatic N) is 3. The van der Waals surface area contributed by atoms with Gasteiger partial charge in [-0.25, -0.2) is 4.98 Å². The molecule has 118 valence electrons. The Kier molecular flexibility index (Phi) is 6.15. The van der Waals surface area contributed by atoms with Crippen molar-refractivity contribution in [2.45, 2.75) is 13.3 Å². The second-order valence-corrected chi connectivity index (χ2v) is 6.35. The lowest BCUT2D eigenvalue weighted by Crippen LogP contribution is -2.16. The fourth-order valence-corrected chi connectivity index (χ4v) is 2.42. The smallest absolute Gasteiger partial charge is 0.229 e. The number of halogens is 1. The van der Waals surface area contributed by atoms with Crippen LogP contribution in [0.15, 0.2) is 34.8 Å². The summed E-state index contributed by atoms with van der Waals surface area (Å²) in [6.45, 7) is 3.92. The van der Waals surface area contributed by atoms with Crippen LogP contribution in [0.25, 0.3) is 0 Å². The molecule has 0 atom stereocenters. The quantitative estimate of drug-likeness (QED) is 0.735. The highest BCUT2D eigenvalue weighted by Gasteiger charge is 2.03. The molecule has 0 spiro atoms. The van der Waals surface area contributed by atoms with Crippen molar-refractivity contribution in [3.63, 3.8) is 0 Å². The third kappa shape index (κ3) is 5.61. The molecule has 0 amide bonds. The molecule has 0 bridgehead atoms. The number of hydrogen-bond donors (Lipinski definition) is 2. The predicted molar refractivity (Wildman–Crippen MR) is 95.9 cm³/mol. The zero-order valence-corrected chi connectivity index (χ0v) is 14.8. The largest absolute Gasteiger partial charge is 0.370 e. The van der Waals surface area contributed by atoms with Gasteiger partial charge >= 0.3 is 0 Å². The number of benzene rings is 1. The Labute approximate surface area is 140 Å². The minimum atomic E-state index is 0.605. The summed E-state index contributed by atoms with van der Waals surface area (Å²) < 4.78 is 1.02. The first kappa shape index (κ1) is 16.7. The zero-order chi connectivity index (χ0) is 15.9. The first-order chi connectivity index (χ1) is 10.5. The Morgan fingerprint density at radius 3 is 2.73 bits per heavy atom. The van der Waals surface area contributed by atoms with Gasteiger partial charge in [0.2, 0.25) is 5.95 Å². The van der Waals surface area contributed by atoms with Gasteiger partial charge in [-0.3, -0.25) is 0 Å². The topological polar surface area (TPSA) is 53.1 Å². The van der Waals surface area contributed by atoms with Gasteiger partial charge in [-0.15, -0.1) is 0 Å². The van der Waals surface area contributed by atoms with Crippen LogP contribution in [0.2, 0.25) is 0 Å². The second-order valence-electron chi connectivity index (χ2n) is 5.44. The predicted octanol–water partition coefficient (Wildman–Crippen LogP) is 3.65. The van der Waals surface area contributed by atoms with Gasteiger partial charge in [0.05, 0.1) is 0 Å². The van der Waals surface area contributed by atoms with Crippen molar-refractivity contribution < 1.29 is 0 Å². The van der Waals surface area contributed by atoms with Crippen LogP contribution in [0.3, 0.4) is 0 Å². The Morgan fingerprint density at radius 1 is 1.18 bits per heavy atom.